The highest BCUT2D eigenvalue weighted by atomic mass is 14.7. The van der Waals surface area contributed by atoms with Gasteiger partial charge in [-0.2, -0.15) is 0 Å². The number of aryl methyl sites for hydroxylation is 2. The van der Waals surface area contributed by atoms with E-state index in [1.165, 1.54) is 22.3 Å². The van der Waals surface area contributed by atoms with E-state index in [0.717, 1.165) is 22.5 Å². The molecule has 2 aromatic heterocycles. The van der Waals surface area contributed by atoms with Gasteiger partial charge in [0.25, 0.3) is 0 Å². The molecule has 126 valence electrons. The molecule has 2 heteroatoms. The molecule has 2 heterocycles. The fourth-order valence-corrected chi connectivity index (χ4v) is 3.30. The van der Waals surface area contributed by atoms with Crippen molar-refractivity contribution in [1.29, 1.82) is 0 Å². The van der Waals surface area contributed by atoms with Crippen LogP contribution in [0, 0.1) is 13.8 Å². The Kier molecular flexibility index (Phi) is 4.32. The van der Waals surface area contributed by atoms with Crippen molar-refractivity contribution in [3.05, 3.63) is 96.3 Å². The van der Waals surface area contributed by atoms with Gasteiger partial charge in [-0.15, -0.1) is 0 Å². The van der Waals surface area contributed by atoms with Gasteiger partial charge in [0.1, 0.15) is 0 Å². The molecule has 0 aliphatic heterocycles. The van der Waals surface area contributed by atoms with Gasteiger partial charge in [-0.1, -0.05) is 41.5 Å². The zero-order valence-electron chi connectivity index (χ0n) is 15.0. The lowest BCUT2D eigenvalue weighted by Gasteiger charge is -2.11. The van der Waals surface area contributed by atoms with E-state index in [-0.39, 0.29) is 0 Å². The zero-order chi connectivity index (χ0) is 17.9. The van der Waals surface area contributed by atoms with Crippen LogP contribution in [-0.4, -0.2) is 9.97 Å². The Labute approximate surface area is 154 Å². The van der Waals surface area contributed by atoms with Crippen molar-refractivity contribution in [2.45, 2.75) is 13.8 Å². The van der Waals surface area contributed by atoms with Crippen LogP contribution in [-0.2, 0) is 0 Å². The summed E-state index contributed by atoms with van der Waals surface area (Å²) in [5.41, 5.74) is 9.07. The van der Waals surface area contributed by atoms with Crippen LogP contribution in [0.25, 0.3) is 33.6 Å². The number of rotatable bonds is 3. The monoisotopic (exact) mass is 336 g/mol. The number of nitrogens with zero attached hydrogens (tertiary/aromatic N) is 2. The first-order chi connectivity index (χ1) is 12.7. The average Bonchev–Trinajstić information content (AvgIpc) is 2.68. The number of benzene rings is 2. The third kappa shape index (κ3) is 3.40. The van der Waals surface area contributed by atoms with E-state index in [1.807, 2.05) is 48.8 Å². The number of aromatic nitrogens is 2. The van der Waals surface area contributed by atoms with Crippen LogP contribution >= 0.6 is 0 Å². The van der Waals surface area contributed by atoms with Crippen LogP contribution in [0.5, 0.6) is 0 Å². The van der Waals surface area contributed by atoms with E-state index >= 15 is 0 Å². The molecule has 0 bridgehead atoms. The van der Waals surface area contributed by atoms with Crippen LogP contribution in [0.3, 0.4) is 0 Å². The molecule has 0 amide bonds. The van der Waals surface area contributed by atoms with Crippen molar-refractivity contribution >= 4 is 0 Å². The fourth-order valence-electron chi connectivity index (χ4n) is 3.30. The second-order valence-electron chi connectivity index (χ2n) is 6.61. The summed E-state index contributed by atoms with van der Waals surface area (Å²) < 4.78 is 0. The molecule has 2 nitrogen and oxygen atoms in total. The van der Waals surface area contributed by atoms with Gasteiger partial charge in [0.05, 0.1) is 11.4 Å². The molecule has 0 unspecified atom stereocenters. The van der Waals surface area contributed by atoms with E-state index in [1.54, 1.807) is 0 Å². The third-order valence-corrected chi connectivity index (χ3v) is 4.41. The molecule has 0 N–H and O–H groups in total. The van der Waals surface area contributed by atoms with Crippen LogP contribution < -0.4 is 0 Å². The molecule has 2 aromatic carbocycles. The summed E-state index contributed by atoms with van der Waals surface area (Å²) in [6, 6.07) is 25.3. The standard InChI is InChI=1S/C24H20N2/c1-17-11-18(2)13-19(12-17)20-14-21(23-7-3-5-9-25-23)16-22(15-20)24-8-4-6-10-26-24/h3-16H,1-2H3. The van der Waals surface area contributed by atoms with Gasteiger partial charge >= 0.3 is 0 Å². The molecular weight excluding hydrogens is 316 g/mol. The van der Waals surface area contributed by atoms with E-state index in [9.17, 15) is 0 Å². The molecule has 0 aliphatic carbocycles. The molecule has 4 aromatic rings. The van der Waals surface area contributed by atoms with Gasteiger partial charge in [-0.25, -0.2) is 0 Å². The first-order valence-corrected chi connectivity index (χ1v) is 8.76. The lowest BCUT2D eigenvalue weighted by atomic mass is 9.95. The van der Waals surface area contributed by atoms with Gasteiger partial charge in [-0.05, 0) is 67.4 Å². The summed E-state index contributed by atoms with van der Waals surface area (Å²) in [5.74, 6) is 0. The largest absolute Gasteiger partial charge is 0.256 e. The molecule has 0 atom stereocenters. The average molecular weight is 336 g/mol. The van der Waals surface area contributed by atoms with E-state index in [2.05, 4.69) is 60.2 Å². The third-order valence-electron chi connectivity index (χ3n) is 4.41. The maximum atomic E-state index is 4.53. The fraction of sp³-hybridized carbons (Fsp3) is 0.0833. The highest BCUT2D eigenvalue weighted by Crippen LogP contribution is 2.32. The van der Waals surface area contributed by atoms with E-state index in [4.69, 9.17) is 0 Å². The number of hydrogen-bond donors (Lipinski definition) is 0. The Morgan fingerprint density at radius 2 is 0.962 bits per heavy atom. The smallest absolute Gasteiger partial charge is 0.0702 e. The Bertz CT molecular complexity index is 960. The number of hydrogen-bond acceptors (Lipinski definition) is 2. The Balaban J connectivity index is 1.93. The quantitative estimate of drug-likeness (QED) is 0.452. The highest BCUT2D eigenvalue weighted by Gasteiger charge is 2.09. The normalized spacial score (nSPS) is 10.7. The first-order valence-electron chi connectivity index (χ1n) is 8.76. The van der Waals surface area contributed by atoms with Gasteiger partial charge in [0.15, 0.2) is 0 Å². The maximum absolute atomic E-state index is 4.53. The van der Waals surface area contributed by atoms with Crippen molar-refractivity contribution in [1.82, 2.24) is 9.97 Å². The van der Waals surface area contributed by atoms with Gasteiger partial charge in [0.2, 0.25) is 0 Å². The topological polar surface area (TPSA) is 25.8 Å². The minimum Gasteiger partial charge on any atom is -0.256 e. The Morgan fingerprint density at radius 1 is 0.500 bits per heavy atom. The van der Waals surface area contributed by atoms with Gasteiger partial charge in [-0.3, -0.25) is 9.97 Å². The number of pyridine rings is 2. The van der Waals surface area contributed by atoms with Crippen molar-refractivity contribution < 1.29 is 0 Å². The molecule has 0 spiro atoms. The summed E-state index contributed by atoms with van der Waals surface area (Å²) in [4.78, 5) is 9.07. The molecule has 26 heavy (non-hydrogen) atoms. The Morgan fingerprint density at radius 3 is 1.42 bits per heavy atom. The van der Waals surface area contributed by atoms with Gasteiger partial charge < -0.3 is 0 Å². The summed E-state index contributed by atoms with van der Waals surface area (Å²) >= 11 is 0. The minimum absolute atomic E-state index is 0.968. The molecule has 0 fully saturated rings. The molecule has 0 saturated carbocycles. The van der Waals surface area contributed by atoms with Crippen LogP contribution in [0.4, 0.5) is 0 Å². The second kappa shape index (κ2) is 6.93. The molecule has 0 radical (unpaired) electrons. The zero-order valence-corrected chi connectivity index (χ0v) is 15.0. The summed E-state index contributed by atoms with van der Waals surface area (Å²) in [6.07, 6.45) is 3.67. The summed E-state index contributed by atoms with van der Waals surface area (Å²) in [6.45, 7) is 4.28. The maximum Gasteiger partial charge on any atom is 0.0702 e. The molecule has 0 aliphatic rings. The summed E-state index contributed by atoms with van der Waals surface area (Å²) in [5, 5.41) is 0. The van der Waals surface area contributed by atoms with Crippen LogP contribution in [0.2, 0.25) is 0 Å². The van der Waals surface area contributed by atoms with Crippen LogP contribution in [0.1, 0.15) is 11.1 Å². The van der Waals surface area contributed by atoms with Crippen molar-refractivity contribution in [2.24, 2.45) is 0 Å². The Hall–Kier alpha value is -3.26. The van der Waals surface area contributed by atoms with Crippen LogP contribution in [0.15, 0.2) is 85.2 Å². The molecular formula is C24H20N2. The van der Waals surface area contributed by atoms with E-state index < -0.39 is 0 Å². The lowest BCUT2D eigenvalue weighted by molar-refractivity contribution is 1.31. The lowest BCUT2D eigenvalue weighted by Crippen LogP contribution is -1.90. The molecule has 4 rings (SSSR count). The highest BCUT2D eigenvalue weighted by molar-refractivity contribution is 5.79. The van der Waals surface area contributed by atoms with Gasteiger partial charge in [0, 0.05) is 23.5 Å². The minimum atomic E-state index is 0.968. The summed E-state index contributed by atoms with van der Waals surface area (Å²) in [7, 11) is 0. The van der Waals surface area contributed by atoms with Crippen molar-refractivity contribution in [3.8, 4) is 33.6 Å². The first kappa shape index (κ1) is 16.2. The van der Waals surface area contributed by atoms with E-state index in [0.29, 0.717) is 0 Å². The van der Waals surface area contributed by atoms with Crippen molar-refractivity contribution in [3.63, 3.8) is 0 Å². The SMILES string of the molecule is Cc1cc(C)cc(-c2cc(-c3ccccn3)cc(-c3ccccn3)c2)c1. The predicted molar refractivity (Wildman–Crippen MR) is 108 cm³/mol. The predicted octanol–water partition coefficient (Wildman–Crippen LogP) is 6.09. The second-order valence-corrected chi connectivity index (χ2v) is 6.61. The van der Waals surface area contributed by atoms with Crippen molar-refractivity contribution in [2.75, 3.05) is 0 Å². The molecule has 0 saturated heterocycles.